The summed E-state index contributed by atoms with van der Waals surface area (Å²) in [5.74, 6) is 0.690. The first-order valence-electron chi connectivity index (χ1n) is 8.36. The molecule has 4 heterocycles. The lowest BCUT2D eigenvalue weighted by atomic mass is 9.99. The summed E-state index contributed by atoms with van der Waals surface area (Å²) < 4.78 is 1.65. The largest absolute Gasteiger partial charge is 0.333 e. The molecule has 7 nitrogen and oxygen atoms in total. The van der Waals surface area contributed by atoms with Crippen molar-refractivity contribution in [2.75, 3.05) is 26.2 Å². The summed E-state index contributed by atoms with van der Waals surface area (Å²) in [6, 6.07) is 2.44. The van der Waals surface area contributed by atoms with Crippen LogP contribution in [0.3, 0.4) is 0 Å². The molecule has 0 spiro atoms. The van der Waals surface area contributed by atoms with Crippen molar-refractivity contribution < 1.29 is 4.79 Å². The maximum absolute atomic E-state index is 12.8. The second-order valence-electron chi connectivity index (χ2n) is 6.62. The molecule has 0 aromatic carbocycles. The molecule has 2 aliphatic heterocycles. The summed E-state index contributed by atoms with van der Waals surface area (Å²) in [7, 11) is 0. The van der Waals surface area contributed by atoms with Crippen LogP contribution in [-0.4, -0.2) is 67.5 Å². The molecule has 0 aliphatic carbocycles. The highest BCUT2D eigenvalue weighted by atomic mass is 16.2. The number of piperidine rings is 1. The lowest BCUT2D eigenvalue weighted by Crippen LogP contribution is -2.56. The highest BCUT2D eigenvalue weighted by Crippen LogP contribution is 2.21. The van der Waals surface area contributed by atoms with Gasteiger partial charge >= 0.3 is 0 Å². The molecular formula is C16H22N6O. The predicted molar refractivity (Wildman–Crippen MR) is 85.4 cm³/mol. The van der Waals surface area contributed by atoms with Gasteiger partial charge in [-0.1, -0.05) is 6.42 Å². The number of aryl methyl sites for hydroxylation is 2. The molecule has 2 aromatic rings. The Labute approximate surface area is 135 Å². The normalized spacial score (nSPS) is 22.3. The second-order valence-corrected chi connectivity index (χ2v) is 6.62. The fourth-order valence-corrected chi connectivity index (χ4v) is 3.74. The molecule has 1 amide bonds. The van der Waals surface area contributed by atoms with Gasteiger partial charge in [0.25, 0.3) is 11.7 Å². The molecule has 23 heavy (non-hydrogen) atoms. The van der Waals surface area contributed by atoms with Crippen molar-refractivity contribution in [1.29, 1.82) is 0 Å². The number of piperazine rings is 1. The molecule has 2 saturated heterocycles. The first kappa shape index (κ1) is 14.6. The van der Waals surface area contributed by atoms with Crippen LogP contribution in [-0.2, 0) is 0 Å². The molecule has 2 aliphatic rings. The highest BCUT2D eigenvalue weighted by Gasteiger charge is 2.32. The number of carbonyl (C=O) groups is 1. The number of carbonyl (C=O) groups excluding carboxylic acids is 1. The van der Waals surface area contributed by atoms with E-state index in [1.807, 2.05) is 24.8 Å². The summed E-state index contributed by atoms with van der Waals surface area (Å²) >= 11 is 0. The number of hydrogen-bond acceptors (Lipinski definition) is 5. The van der Waals surface area contributed by atoms with E-state index in [-0.39, 0.29) is 11.7 Å². The minimum Gasteiger partial charge on any atom is -0.333 e. The Morgan fingerprint density at radius 3 is 2.91 bits per heavy atom. The van der Waals surface area contributed by atoms with Crippen molar-refractivity contribution in [2.24, 2.45) is 0 Å². The van der Waals surface area contributed by atoms with Crippen LogP contribution in [0, 0.1) is 13.8 Å². The first-order valence-corrected chi connectivity index (χ1v) is 8.36. The molecular weight excluding hydrogens is 292 g/mol. The van der Waals surface area contributed by atoms with Crippen LogP contribution < -0.4 is 0 Å². The molecule has 0 N–H and O–H groups in total. The van der Waals surface area contributed by atoms with E-state index in [1.54, 1.807) is 4.52 Å². The number of fused-ring (bicyclic) bond motifs is 2. The Morgan fingerprint density at radius 2 is 2.04 bits per heavy atom. The van der Waals surface area contributed by atoms with E-state index >= 15 is 0 Å². The number of hydrogen-bond donors (Lipinski definition) is 0. The third-order valence-corrected chi connectivity index (χ3v) is 4.93. The summed E-state index contributed by atoms with van der Waals surface area (Å²) in [6.45, 7) is 7.55. The maximum Gasteiger partial charge on any atom is 0.293 e. The van der Waals surface area contributed by atoms with E-state index in [4.69, 9.17) is 0 Å². The molecule has 122 valence electrons. The van der Waals surface area contributed by atoms with E-state index in [9.17, 15) is 4.79 Å². The molecule has 2 aromatic heterocycles. The van der Waals surface area contributed by atoms with Crippen LogP contribution in [0.1, 0.15) is 41.3 Å². The van der Waals surface area contributed by atoms with Gasteiger partial charge in [-0.2, -0.15) is 4.98 Å². The molecule has 0 bridgehead atoms. The van der Waals surface area contributed by atoms with Crippen LogP contribution in [0.2, 0.25) is 0 Å². The van der Waals surface area contributed by atoms with Crippen molar-refractivity contribution in [2.45, 2.75) is 39.2 Å². The van der Waals surface area contributed by atoms with Gasteiger partial charge < -0.3 is 4.90 Å². The van der Waals surface area contributed by atoms with E-state index in [0.29, 0.717) is 11.8 Å². The standard InChI is InChI=1S/C16H22N6O/c1-11-9-12(2)22-16(17-11)18-14(19-22)15(23)21-8-7-20-6-4-3-5-13(20)10-21/h9,13H,3-8,10H2,1-2H3. The highest BCUT2D eigenvalue weighted by molar-refractivity contribution is 5.91. The van der Waals surface area contributed by atoms with Crippen LogP contribution in [0.15, 0.2) is 6.07 Å². The second kappa shape index (κ2) is 5.56. The Kier molecular flexibility index (Phi) is 3.52. The minimum atomic E-state index is -0.0715. The summed E-state index contributed by atoms with van der Waals surface area (Å²) in [5.41, 5.74) is 1.83. The van der Waals surface area contributed by atoms with Crippen LogP contribution in [0.5, 0.6) is 0 Å². The number of rotatable bonds is 1. The van der Waals surface area contributed by atoms with Crippen molar-refractivity contribution in [3.05, 3.63) is 23.3 Å². The molecule has 1 unspecified atom stereocenters. The lowest BCUT2D eigenvalue weighted by molar-refractivity contribution is 0.0364. The van der Waals surface area contributed by atoms with Crippen molar-refractivity contribution >= 4 is 11.7 Å². The fourth-order valence-electron chi connectivity index (χ4n) is 3.74. The van der Waals surface area contributed by atoms with Crippen molar-refractivity contribution in [3.8, 4) is 0 Å². The summed E-state index contributed by atoms with van der Waals surface area (Å²) in [6.07, 6.45) is 3.73. The van der Waals surface area contributed by atoms with Crippen LogP contribution in [0.4, 0.5) is 0 Å². The quantitative estimate of drug-likeness (QED) is 0.787. The predicted octanol–water partition coefficient (Wildman–Crippen LogP) is 1.05. The van der Waals surface area contributed by atoms with Gasteiger partial charge in [-0.25, -0.2) is 9.50 Å². The van der Waals surface area contributed by atoms with Gasteiger partial charge in [0.15, 0.2) is 0 Å². The minimum absolute atomic E-state index is 0.0715. The monoisotopic (exact) mass is 314 g/mol. The van der Waals surface area contributed by atoms with Gasteiger partial charge in [0.1, 0.15) is 0 Å². The Morgan fingerprint density at radius 1 is 1.17 bits per heavy atom. The van der Waals surface area contributed by atoms with Crippen LogP contribution in [0.25, 0.3) is 5.78 Å². The number of amides is 1. The zero-order valence-electron chi connectivity index (χ0n) is 13.7. The van der Waals surface area contributed by atoms with E-state index < -0.39 is 0 Å². The van der Waals surface area contributed by atoms with Gasteiger partial charge in [-0.15, -0.1) is 5.10 Å². The average molecular weight is 314 g/mol. The Hall–Kier alpha value is -2.02. The van der Waals surface area contributed by atoms with Gasteiger partial charge in [0.2, 0.25) is 5.82 Å². The lowest BCUT2D eigenvalue weighted by Gasteiger charge is -2.43. The van der Waals surface area contributed by atoms with Crippen molar-refractivity contribution in [3.63, 3.8) is 0 Å². The SMILES string of the molecule is Cc1cc(C)n2nc(C(=O)N3CCN4CCCCC4C3)nc2n1. The van der Waals surface area contributed by atoms with Crippen molar-refractivity contribution in [1.82, 2.24) is 29.4 Å². The molecule has 0 radical (unpaired) electrons. The third kappa shape index (κ3) is 2.59. The van der Waals surface area contributed by atoms with Crippen LogP contribution >= 0.6 is 0 Å². The Bertz CT molecular complexity index is 754. The maximum atomic E-state index is 12.8. The zero-order chi connectivity index (χ0) is 16.0. The summed E-state index contributed by atoms with van der Waals surface area (Å²) in [4.78, 5) is 25.9. The number of nitrogens with zero attached hydrogens (tertiary/aromatic N) is 6. The topological polar surface area (TPSA) is 66.6 Å². The molecule has 4 rings (SSSR count). The molecule has 7 heteroatoms. The number of aromatic nitrogens is 4. The zero-order valence-corrected chi connectivity index (χ0v) is 13.7. The third-order valence-electron chi connectivity index (χ3n) is 4.93. The van der Waals surface area contributed by atoms with E-state index in [1.165, 1.54) is 25.8 Å². The van der Waals surface area contributed by atoms with Gasteiger partial charge in [-0.05, 0) is 39.3 Å². The molecule has 2 fully saturated rings. The summed E-state index contributed by atoms with van der Waals surface area (Å²) in [5, 5.41) is 4.37. The molecule has 1 atom stereocenters. The first-order chi connectivity index (χ1) is 11.1. The van der Waals surface area contributed by atoms with E-state index in [0.717, 1.165) is 31.0 Å². The molecule has 0 saturated carbocycles. The fraction of sp³-hybridized carbons (Fsp3) is 0.625. The van der Waals surface area contributed by atoms with E-state index in [2.05, 4.69) is 20.0 Å². The van der Waals surface area contributed by atoms with Gasteiger partial charge in [-0.3, -0.25) is 9.69 Å². The Balaban J connectivity index is 1.58. The van der Waals surface area contributed by atoms with Gasteiger partial charge in [0.05, 0.1) is 0 Å². The van der Waals surface area contributed by atoms with Gasteiger partial charge in [0, 0.05) is 37.1 Å². The smallest absolute Gasteiger partial charge is 0.293 e. The average Bonchev–Trinajstić information content (AvgIpc) is 2.98.